The van der Waals surface area contributed by atoms with Crippen LogP contribution >= 0.6 is 11.6 Å². The summed E-state index contributed by atoms with van der Waals surface area (Å²) in [5.41, 5.74) is 5.84. The van der Waals surface area contributed by atoms with Crippen LogP contribution in [0.25, 0.3) is 22.9 Å². The zero-order valence-corrected chi connectivity index (χ0v) is 28.6. The molecule has 6 rings (SSSR count). The molecule has 3 N–H and O–H groups in total. The minimum atomic E-state index is -0.579. The number of anilines is 1. The molecule has 1 aliphatic rings. The number of nitrogens with zero attached hydrogens (tertiary/aromatic N) is 6. The summed E-state index contributed by atoms with van der Waals surface area (Å²) in [7, 11) is 1.35. The molecule has 14 heteroatoms. The minimum Gasteiger partial charge on any atom is -0.469 e. The fourth-order valence-corrected chi connectivity index (χ4v) is 6.07. The number of fused-ring (bicyclic) bond motifs is 4. The lowest BCUT2D eigenvalue weighted by Gasteiger charge is -2.24. The van der Waals surface area contributed by atoms with Gasteiger partial charge in [-0.05, 0) is 89.0 Å². The van der Waals surface area contributed by atoms with Gasteiger partial charge in [-0.1, -0.05) is 42.6 Å². The number of hydrogen-bond donors (Lipinski definition) is 3. The van der Waals surface area contributed by atoms with Crippen LogP contribution in [0.5, 0.6) is 0 Å². The SMILES string of the molecule is COC(=O)Cc1ccc2c(c1)N[C@@H](C(=O)NCc1ccccn1)CCCC[C@H](NC(=O)/C=C/c1cc(Cl)ccc1-n1cnnn1)c1cc-2ccn1. The Morgan fingerprint density at radius 1 is 1.02 bits per heavy atom. The van der Waals surface area contributed by atoms with Crippen molar-refractivity contribution in [1.82, 2.24) is 40.8 Å². The summed E-state index contributed by atoms with van der Waals surface area (Å²) in [6, 6.07) is 19.3. The molecule has 1 aliphatic heterocycles. The summed E-state index contributed by atoms with van der Waals surface area (Å²) in [5.74, 6) is -0.855. The molecule has 0 radical (unpaired) electrons. The second kappa shape index (κ2) is 16.6. The van der Waals surface area contributed by atoms with Gasteiger partial charge in [-0.15, -0.1) is 5.10 Å². The lowest BCUT2D eigenvalue weighted by atomic mass is 9.95. The van der Waals surface area contributed by atoms with Crippen molar-refractivity contribution >= 4 is 41.1 Å². The fourth-order valence-electron chi connectivity index (χ4n) is 5.89. The Labute approximate surface area is 299 Å². The van der Waals surface area contributed by atoms with Crippen molar-refractivity contribution in [2.45, 2.75) is 50.7 Å². The first kappa shape index (κ1) is 34.9. The van der Waals surface area contributed by atoms with Crippen molar-refractivity contribution in [3.8, 4) is 16.8 Å². The zero-order valence-electron chi connectivity index (χ0n) is 27.8. The summed E-state index contributed by atoms with van der Waals surface area (Å²) in [4.78, 5) is 48.2. The van der Waals surface area contributed by atoms with Gasteiger partial charge < -0.3 is 20.7 Å². The van der Waals surface area contributed by atoms with Gasteiger partial charge in [0.05, 0.1) is 43.2 Å². The van der Waals surface area contributed by atoms with Crippen LogP contribution in [-0.4, -0.2) is 61.1 Å². The van der Waals surface area contributed by atoms with Crippen LogP contribution < -0.4 is 16.0 Å². The van der Waals surface area contributed by atoms with Crippen molar-refractivity contribution in [2.24, 2.45) is 0 Å². The third-order valence-electron chi connectivity index (χ3n) is 8.48. The van der Waals surface area contributed by atoms with Crippen LogP contribution in [0.2, 0.25) is 5.02 Å². The Morgan fingerprint density at radius 3 is 2.71 bits per heavy atom. The normalized spacial score (nSPS) is 15.8. The van der Waals surface area contributed by atoms with Gasteiger partial charge in [0.2, 0.25) is 11.8 Å². The van der Waals surface area contributed by atoms with Crippen LogP contribution in [0.4, 0.5) is 5.69 Å². The van der Waals surface area contributed by atoms with E-state index in [0.29, 0.717) is 53.3 Å². The molecule has 0 fully saturated rings. The number of rotatable bonds is 9. The number of ether oxygens (including phenoxy) is 1. The summed E-state index contributed by atoms with van der Waals surface area (Å²) < 4.78 is 6.39. The van der Waals surface area contributed by atoms with E-state index in [2.05, 4.69) is 41.4 Å². The number of hydrogen-bond acceptors (Lipinski definition) is 10. The van der Waals surface area contributed by atoms with Gasteiger partial charge in [-0.2, -0.15) is 4.68 Å². The van der Waals surface area contributed by atoms with Crippen molar-refractivity contribution in [1.29, 1.82) is 0 Å². The monoisotopic (exact) mass is 705 g/mol. The summed E-state index contributed by atoms with van der Waals surface area (Å²) >= 11 is 6.27. The number of amides is 2. The van der Waals surface area contributed by atoms with Gasteiger partial charge in [0.25, 0.3) is 0 Å². The highest BCUT2D eigenvalue weighted by atomic mass is 35.5. The number of esters is 1. The molecular formula is C37H36ClN9O4. The van der Waals surface area contributed by atoms with E-state index < -0.39 is 12.1 Å². The Kier molecular flexibility index (Phi) is 11.4. The number of tetrazole rings is 1. The van der Waals surface area contributed by atoms with Crippen molar-refractivity contribution in [2.75, 3.05) is 12.4 Å². The molecule has 4 heterocycles. The van der Waals surface area contributed by atoms with Gasteiger partial charge in [0.15, 0.2) is 0 Å². The highest BCUT2D eigenvalue weighted by Gasteiger charge is 2.23. The third-order valence-corrected chi connectivity index (χ3v) is 8.71. The first-order chi connectivity index (χ1) is 24.9. The van der Waals surface area contributed by atoms with Crippen LogP contribution in [0.3, 0.4) is 0 Å². The molecule has 0 saturated carbocycles. The second-order valence-corrected chi connectivity index (χ2v) is 12.4. The van der Waals surface area contributed by atoms with Gasteiger partial charge in [-0.3, -0.25) is 24.4 Å². The molecule has 2 aromatic carbocycles. The predicted molar refractivity (Wildman–Crippen MR) is 191 cm³/mol. The molecule has 0 aliphatic carbocycles. The summed E-state index contributed by atoms with van der Waals surface area (Å²) in [6.07, 6.45) is 10.6. The van der Waals surface area contributed by atoms with Crippen molar-refractivity contribution in [3.05, 3.63) is 119 Å². The molecule has 2 bridgehead atoms. The average Bonchev–Trinajstić information content (AvgIpc) is 3.69. The quantitative estimate of drug-likeness (QED) is 0.140. The average molecular weight is 706 g/mol. The van der Waals surface area contributed by atoms with Crippen molar-refractivity contribution < 1.29 is 19.1 Å². The molecule has 0 spiro atoms. The summed E-state index contributed by atoms with van der Waals surface area (Å²) in [5, 5.41) is 21.5. The molecule has 5 aromatic rings. The Morgan fingerprint density at radius 2 is 1.90 bits per heavy atom. The van der Waals surface area contributed by atoms with Crippen LogP contribution in [0.1, 0.15) is 54.2 Å². The molecule has 0 unspecified atom stereocenters. The van der Waals surface area contributed by atoms with Gasteiger partial charge in [0, 0.05) is 40.3 Å². The topological polar surface area (TPSA) is 166 Å². The Balaban J connectivity index is 1.27. The summed E-state index contributed by atoms with van der Waals surface area (Å²) in [6.45, 7) is 0.287. The molecular weight excluding hydrogens is 670 g/mol. The molecule has 3 aromatic heterocycles. The van der Waals surface area contributed by atoms with E-state index in [4.69, 9.17) is 16.3 Å². The number of aromatic nitrogens is 6. The first-order valence-electron chi connectivity index (χ1n) is 16.5. The number of methoxy groups -OCH3 is 1. The largest absolute Gasteiger partial charge is 0.469 e. The number of nitrogens with one attached hydrogen (secondary N) is 3. The van der Waals surface area contributed by atoms with E-state index in [0.717, 1.165) is 22.4 Å². The molecule has 51 heavy (non-hydrogen) atoms. The molecule has 260 valence electrons. The van der Waals surface area contributed by atoms with E-state index in [-0.39, 0.29) is 30.7 Å². The fraction of sp³-hybridized carbons (Fsp3) is 0.243. The van der Waals surface area contributed by atoms with Crippen LogP contribution in [0, 0.1) is 0 Å². The smallest absolute Gasteiger partial charge is 0.309 e. The lowest BCUT2D eigenvalue weighted by molar-refractivity contribution is -0.139. The van der Waals surface area contributed by atoms with E-state index in [9.17, 15) is 14.4 Å². The zero-order chi connectivity index (χ0) is 35.6. The maximum Gasteiger partial charge on any atom is 0.309 e. The van der Waals surface area contributed by atoms with Gasteiger partial charge >= 0.3 is 5.97 Å². The highest BCUT2D eigenvalue weighted by Crippen LogP contribution is 2.33. The van der Waals surface area contributed by atoms with Crippen molar-refractivity contribution in [3.63, 3.8) is 0 Å². The molecule has 0 saturated heterocycles. The minimum absolute atomic E-state index is 0.0810. The highest BCUT2D eigenvalue weighted by molar-refractivity contribution is 6.30. The van der Waals surface area contributed by atoms with Crippen LogP contribution in [-0.2, 0) is 32.1 Å². The Hall–Kier alpha value is -5.95. The first-order valence-corrected chi connectivity index (χ1v) is 16.9. The number of halogens is 1. The number of pyridine rings is 2. The standard InChI is InChI=1S/C37H36ClN9O4/c1-51-36(49)19-24-9-12-29-25-15-17-40-33(21-25)30(44-35(48)14-10-26-20-27(38)11-13-34(26)47-23-42-45-46-47)7-2-3-8-31(43-32(29)18-24)37(50)41-22-28-6-4-5-16-39-28/h4-6,9-18,20-21,23,30-31,43H,2-3,7-8,19,22H2,1H3,(H,41,50)(H,44,48)/b14-10+/t30-,31+/m0/s1. The molecule has 13 nitrogen and oxygen atoms in total. The predicted octanol–water partition coefficient (Wildman–Crippen LogP) is 5.03. The van der Waals surface area contributed by atoms with Crippen LogP contribution in [0.15, 0.2) is 91.5 Å². The third kappa shape index (κ3) is 9.19. The van der Waals surface area contributed by atoms with E-state index in [1.165, 1.54) is 24.2 Å². The Bertz CT molecular complexity index is 2020. The van der Waals surface area contributed by atoms with E-state index >= 15 is 0 Å². The molecule has 2 atom stereocenters. The van der Waals surface area contributed by atoms with E-state index in [1.807, 2.05) is 48.5 Å². The van der Waals surface area contributed by atoms with Gasteiger partial charge in [0.1, 0.15) is 12.4 Å². The molecule has 2 amide bonds. The van der Waals surface area contributed by atoms with Gasteiger partial charge in [-0.25, -0.2) is 0 Å². The number of benzene rings is 2. The van der Waals surface area contributed by atoms with E-state index in [1.54, 1.807) is 36.7 Å². The number of carbonyl (C=O) groups is 3. The lowest BCUT2D eigenvalue weighted by Crippen LogP contribution is -2.39. The number of carbonyl (C=O) groups excluding carboxylic acids is 3. The maximum atomic E-state index is 13.6. The maximum absolute atomic E-state index is 13.6. The second-order valence-electron chi connectivity index (χ2n) is 12.0.